The summed E-state index contributed by atoms with van der Waals surface area (Å²) in [4.78, 5) is 22.2. The van der Waals surface area contributed by atoms with E-state index in [1.54, 1.807) is 12.1 Å². The molecule has 0 unspecified atom stereocenters. The van der Waals surface area contributed by atoms with Crippen LogP contribution in [0.3, 0.4) is 0 Å². The molecule has 2 rings (SSSR count). The summed E-state index contributed by atoms with van der Waals surface area (Å²) >= 11 is 5.97. The molecule has 4 heteroatoms. The number of fused-ring (bicyclic) bond motifs is 1. The molecule has 0 radical (unpaired) electrons. The van der Waals surface area contributed by atoms with Gasteiger partial charge in [0.1, 0.15) is 6.26 Å². The molecule has 0 saturated carbocycles. The van der Waals surface area contributed by atoms with Crippen LogP contribution in [0.4, 0.5) is 0 Å². The molecular weight excluding hydrogens is 216 g/mol. The van der Waals surface area contributed by atoms with Crippen LogP contribution in [-0.4, -0.2) is 6.29 Å². The van der Waals surface area contributed by atoms with Crippen molar-refractivity contribution in [2.75, 3.05) is 0 Å². The lowest BCUT2D eigenvalue weighted by molar-refractivity contribution is 0.112. The van der Waals surface area contributed by atoms with E-state index in [1.807, 2.05) is 6.92 Å². The minimum Gasteiger partial charge on any atom is -0.462 e. The van der Waals surface area contributed by atoms with Gasteiger partial charge >= 0.3 is 0 Å². The topological polar surface area (TPSA) is 47.3 Å². The molecule has 0 spiro atoms. The summed E-state index contributed by atoms with van der Waals surface area (Å²) in [5.74, 6) is 0. The van der Waals surface area contributed by atoms with E-state index in [0.29, 0.717) is 22.3 Å². The summed E-state index contributed by atoms with van der Waals surface area (Å²) in [5.41, 5.74) is 0.800. The van der Waals surface area contributed by atoms with Gasteiger partial charge in [0, 0.05) is 0 Å². The SMILES string of the molecule is Cc1ccc2c(=O)c(C=O)coc2c1Cl. The molecule has 0 N–H and O–H groups in total. The first-order valence-electron chi connectivity index (χ1n) is 4.31. The Morgan fingerprint density at radius 2 is 2.13 bits per heavy atom. The second kappa shape index (κ2) is 3.51. The van der Waals surface area contributed by atoms with Crippen molar-refractivity contribution in [3.63, 3.8) is 0 Å². The zero-order valence-electron chi connectivity index (χ0n) is 7.91. The fourth-order valence-electron chi connectivity index (χ4n) is 1.36. The lowest BCUT2D eigenvalue weighted by Gasteiger charge is -2.02. The van der Waals surface area contributed by atoms with Crippen LogP contribution in [0.2, 0.25) is 5.02 Å². The molecule has 1 heterocycles. The standard InChI is InChI=1S/C11H7ClO3/c1-6-2-3-8-10(14)7(4-13)5-15-11(8)9(6)12/h2-5H,1H3. The highest BCUT2D eigenvalue weighted by Gasteiger charge is 2.10. The molecule has 76 valence electrons. The second-order valence-electron chi connectivity index (χ2n) is 3.21. The van der Waals surface area contributed by atoms with Crippen LogP contribution in [0.5, 0.6) is 0 Å². The number of rotatable bonds is 1. The van der Waals surface area contributed by atoms with Crippen LogP contribution in [0.1, 0.15) is 15.9 Å². The Labute approximate surface area is 90.3 Å². The molecule has 3 nitrogen and oxygen atoms in total. The van der Waals surface area contributed by atoms with Gasteiger partial charge in [-0.25, -0.2) is 0 Å². The molecule has 0 aliphatic heterocycles. The van der Waals surface area contributed by atoms with Crippen molar-refractivity contribution in [3.05, 3.63) is 44.8 Å². The normalized spacial score (nSPS) is 10.5. The van der Waals surface area contributed by atoms with Crippen molar-refractivity contribution in [1.82, 2.24) is 0 Å². The van der Waals surface area contributed by atoms with Crippen LogP contribution < -0.4 is 5.43 Å². The number of benzene rings is 1. The molecular formula is C11H7ClO3. The Hall–Kier alpha value is -1.61. The number of carbonyl (C=O) groups excluding carboxylic acids is 1. The van der Waals surface area contributed by atoms with E-state index in [9.17, 15) is 9.59 Å². The zero-order chi connectivity index (χ0) is 11.0. The van der Waals surface area contributed by atoms with Crippen molar-refractivity contribution in [1.29, 1.82) is 0 Å². The molecule has 0 aliphatic carbocycles. The predicted molar refractivity (Wildman–Crippen MR) is 57.6 cm³/mol. The third-order valence-corrected chi connectivity index (χ3v) is 2.70. The van der Waals surface area contributed by atoms with Crippen LogP contribution >= 0.6 is 11.6 Å². The maximum Gasteiger partial charge on any atom is 0.203 e. The Balaban J connectivity index is 2.98. The first kappa shape index (κ1) is 9.93. The average molecular weight is 223 g/mol. The van der Waals surface area contributed by atoms with Gasteiger partial charge in [-0.1, -0.05) is 17.7 Å². The molecule has 0 atom stereocenters. The molecule has 0 bridgehead atoms. The van der Waals surface area contributed by atoms with Crippen molar-refractivity contribution in [2.24, 2.45) is 0 Å². The molecule has 0 saturated heterocycles. The largest absolute Gasteiger partial charge is 0.462 e. The van der Waals surface area contributed by atoms with Gasteiger partial charge in [-0.05, 0) is 18.6 Å². The molecule has 1 aromatic heterocycles. The molecule has 0 fully saturated rings. The molecule has 2 aromatic rings. The van der Waals surface area contributed by atoms with Crippen LogP contribution in [0.25, 0.3) is 11.0 Å². The van der Waals surface area contributed by atoms with Gasteiger partial charge in [0.15, 0.2) is 11.9 Å². The Bertz CT molecular complexity index is 599. The molecule has 1 aromatic carbocycles. The third kappa shape index (κ3) is 1.45. The quantitative estimate of drug-likeness (QED) is 0.697. The summed E-state index contributed by atoms with van der Waals surface area (Å²) in [7, 11) is 0. The summed E-state index contributed by atoms with van der Waals surface area (Å²) in [6.45, 7) is 1.81. The van der Waals surface area contributed by atoms with Crippen molar-refractivity contribution < 1.29 is 9.21 Å². The highest BCUT2D eigenvalue weighted by Crippen LogP contribution is 2.24. The second-order valence-corrected chi connectivity index (χ2v) is 3.59. The van der Waals surface area contributed by atoms with Crippen LogP contribution in [0, 0.1) is 6.92 Å². The third-order valence-electron chi connectivity index (χ3n) is 2.23. The van der Waals surface area contributed by atoms with E-state index in [-0.39, 0.29) is 11.0 Å². The average Bonchev–Trinajstić information content (AvgIpc) is 2.24. The fourth-order valence-corrected chi connectivity index (χ4v) is 1.57. The number of hydrogen-bond donors (Lipinski definition) is 0. The summed E-state index contributed by atoms with van der Waals surface area (Å²) in [5, 5.41) is 0.734. The van der Waals surface area contributed by atoms with Gasteiger partial charge in [0.05, 0.1) is 16.0 Å². The van der Waals surface area contributed by atoms with E-state index in [0.717, 1.165) is 11.8 Å². The maximum absolute atomic E-state index is 11.7. The minimum absolute atomic E-state index is 0.00224. The number of aryl methyl sites for hydroxylation is 1. The highest BCUT2D eigenvalue weighted by molar-refractivity contribution is 6.35. The van der Waals surface area contributed by atoms with Gasteiger partial charge in [-0.15, -0.1) is 0 Å². The van der Waals surface area contributed by atoms with Crippen molar-refractivity contribution >= 4 is 28.9 Å². The van der Waals surface area contributed by atoms with E-state index in [4.69, 9.17) is 16.0 Å². The summed E-state index contributed by atoms with van der Waals surface area (Å²) < 4.78 is 5.16. The summed E-state index contributed by atoms with van der Waals surface area (Å²) in [6.07, 6.45) is 1.60. The predicted octanol–water partition coefficient (Wildman–Crippen LogP) is 2.57. The Kier molecular flexibility index (Phi) is 2.32. The monoisotopic (exact) mass is 222 g/mol. The van der Waals surface area contributed by atoms with Crippen molar-refractivity contribution in [3.8, 4) is 0 Å². The van der Waals surface area contributed by atoms with Gasteiger partial charge in [-0.2, -0.15) is 0 Å². The van der Waals surface area contributed by atoms with Crippen LogP contribution in [-0.2, 0) is 0 Å². The maximum atomic E-state index is 11.7. The zero-order valence-corrected chi connectivity index (χ0v) is 8.67. The smallest absolute Gasteiger partial charge is 0.203 e. The number of aldehydes is 1. The van der Waals surface area contributed by atoms with Gasteiger partial charge in [0.2, 0.25) is 5.43 Å². The minimum atomic E-state index is -0.354. The van der Waals surface area contributed by atoms with Gasteiger partial charge in [-0.3, -0.25) is 9.59 Å². The number of halogens is 1. The molecule has 0 aliphatic rings. The molecule has 15 heavy (non-hydrogen) atoms. The molecule has 0 amide bonds. The first-order valence-corrected chi connectivity index (χ1v) is 4.68. The summed E-state index contributed by atoms with van der Waals surface area (Å²) in [6, 6.07) is 3.32. The Morgan fingerprint density at radius 3 is 2.80 bits per heavy atom. The number of carbonyl (C=O) groups is 1. The van der Waals surface area contributed by atoms with E-state index >= 15 is 0 Å². The first-order chi connectivity index (χ1) is 7.15. The van der Waals surface area contributed by atoms with E-state index < -0.39 is 0 Å². The fraction of sp³-hybridized carbons (Fsp3) is 0.0909. The highest BCUT2D eigenvalue weighted by atomic mass is 35.5. The number of hydrogen-bond acceptors (Lipinski definition) is 3. The Morgan fingerprint density at radius 1 is 1.40 bits per heavy atom. The van der Waals surface area contributed by atoms with Crippen LogP contribution in [0.15, 0.2) is 27.6 Å². The van der Waals surface area contributed by atoms with E-state index in [1.165, 1.54) is 0 Å². The lowest BCUT2D eigenvalue weighted by Crippen LogP contribution is -2.07. The lowest BCUT2D eigenvalue weighted by atomic mass is 10.1. The van der Waals surface area contributed by atoms with Gasteiger partial charge < -0.3 is 4.42 Å². The van der Waals surface area contributed by atoms with Crippen molar-refractivity contribution in [2.45, 2.75) is 6.92 Å². The van der Waals surface area contributed by atoms with E-state index in [2.05, 4.69) is 0 Å². The van der Waals surface area contributed by atoms with Gasteiger partial charge in [0.25, 0.3) is 0 Å².